The summed E-state index contributed by atoms with van der Waals surface area (Å²) in [6, 6.07) is 40.7. The predicted octanol–water partition coefficient (Wildman–Crippen LogP) is 12.7. The lowest BCUT2D eigenvalue weighted by Gasteiger charge is -2.41. The number of benzene rings is 5. The Hall–Kier alpha value is -4.62. The van der Waals surface area contributed by atoms with Gasteiger partial charge in [0.15, 0.2) is 5.78 Å². The van der Waals surface area contributed by atoms with Crippen LogP contribution in [0, 0.1) is 0 Å². The molecule has 0 N–H and O–H groups in total. The second kappa shape index (κ2) is 18.2. The molecule has 5 aromatic carbocycles. The van der Waals surface area contributed by atoms with Crippen LogP contribution in [0.3, 0.4) is 0 Å². The first-order chi connectivity index (χ1) is 28.8. The predicted molar refractivity (Wildman–Crippen MR) is 222 cm³/mol. The Labute approximate surface area is 353 Å². The molecule has 0 aliphatic carbocycles. The van der Waals surface area contributed by atoms with Crippen LogP contribution in [0.4, 0.5) is 52.7 Å². The SMILES string of the molecule is CC(F)(F)C(F)(F)C(F)(F)C(F)(F)C(F)(F)C(F)(F)CC[Si](C)(C)Cc1ccccc1[P+](CCCOc1ccc(C(=O)c2ccccc2)cc1)(c1ccccc1)c1ccccc1. The van der Waals surface area contributed by atoms with Crippen molar-refractivity contribution >= 4 is 37.0 Å². The third kappa shape index (κ3) is 9.49. The zero-order chi connectivity index (χ0) is 45.8. The highest BCUT2D eigenvalue weighted by Gasteiger charge is 2.89. The number of hydrogen-bond donors (Lipinski definition) is 0. The van der Waals surface area contributed by atoms with Crippen LogP contribution in [0.2, 0.25) is 19.1 Å². The van der Waals surface area contributed by atoms with E-state index >= 15 is 8.78 Å². The van der Waals surface area contributed by atoms with Crippen molar-refractivity contribution < 1.29 is 62.2 Å². The van der Waals surface area contributed by atoms with E-state index in [1.54, 1.807) is 66.7 Å². The van der Waals surface area contributed by atoms with Crippen LogP contribution in [0.5, 0.6) is 5.75 Å². The van der Waals surface area contributed by atoms with Gasteiger partial charge < -0.3 is 4.74 Å². The van der Waals surface area contributed by atoms with Gasteiger partial charge >= 0.3 is 35.5 Å². The maximum Gasteiger partial charge on any atom is 0.384 e. The largest absolute Gasteiger partial charge is 0.493 e. The lowest BCUT2D eigenvalue weighted by Crippen LogP contribution is -2.70. The quantitative estimate of drug-likeness (QED) is 0.0256. The van der Waals surface area contributed by atoms with E-state index in [9.17, 15) is 48.7 Å². The Morgan fingerprint density at radius 3 is 1.53 bits per heavy atom. The Bertz CT molecular complexity index is 2210. The molecule has 0 fully saturated rings. The van der Waals surface area contributed by atoms with Crippen LogP contribution >= 0.6 is 7.26 Å². The van der Waals surface area contributed by atoms with Crippen molar-refractivity contribution in [3.63, 3.8) is 0 Å². The maximum absolute atomic E-state index is 15.1. The van der Waals surface area contributed by atoms with Gasteiger partial charge in [0.1, 0.15) is 28.9 Å². The van der Waals surface area contributed by atoms with Crippen molar-refractivity contribution in [2.75, 3.05) is 12.8 Å². The summed E-state index contributed by atoms with van der Waals surface area (Å²) in [6.45, 7) is 2.35. The van der Waals surface area contributed by atoms with Crippen molar-refractivity contribution in [2.24, 2.45) is 0 Å². The van der Waals surface area contributed by atoms with Gasteiger partial charge in [0.2, 0.25) is 0 Å². The number of ketones is 1. The number of halogens is 12. The summed E-state index contributed by atoms with van der Waals surface area (Å²) in [5.41, 5.74) is 1.66. The minimum absolute atomic E-state index is 0.0173. The summed E-state index contributed by atoms with van der Waals surface area (Å²) in [7, 11) is -5.97. The zero-order valence-corrected chi connectivity index (χ0v) is 35.7. The van der Waals surface area contributed by atoms with Crippen molar-refractivity contribution in [3.05, 3.63) is 156 Å². The molecule has 0 saturated carbocycles. The summed E-state index contributed by atoms with van der Waals surface area (Å²) in [6.07, 6.45) is -1.11. The summed E-state index contributed by atoms with van der Waals surface area (Å²) in [5, 5.41) is 2.68. The molecule has 0 bridgehead atoms. The highest BCUT2D eigenvalue weighted by Crippen LogP contribution is 2.61. The first kappa shape index (κ1) is 48.4. The summed E-state index contributed by atoms with van der Waals surface area (Å²) in [4.78, 5) is 12.9. The molecule has 0 atom stereocenters. The van der Waals surface area contributed by atoms with Crippen molar-refractivity contribution in [3.8, 4) is 5.75 Å². The molecule has 0 aliphatic rings. The number of carbonyl (C=O) groups is 1. The molecular formula is C46H44F12O2PSi+. The van der Waals surface area contributed by atoms with Gasteiger partial charge in [-0.15, -0.1) is 0 Å². The number of hydrogen-bond acceptors (Lipinski definition) is 2. The molecule has 0 aromatic heterocycles. The van der Waals surface area contributed by atoms with Crippen molar-refractivity contribution in [1.29, 1.82) is 0 Å². The second-order valence-electron chi connectivity index (χ2n) is 16.0. The smallest absolute Gasteiger partial charge is 0.384 e. The van der Waals surface area contributed by atoms with E-state index in [0.717, 1.165) is 15.9 Å². The van der Waals surface area contributed by atoms with E-state index in [0.29, 0.717) is 35.0 Å². The minimum atomic E-state index is -7.57. The third-order valence-corrected chi connectivity index (χ3v) is 18.4. The van der Waals surface area contributed by atoms with Gasteiger partial charge in [0.25, 0.3) is 0 Å². The average molecular weight is 916 g/mol. The first-order valence-corrected chi connectivity index (χ1v) is 24.9. The van der Waals surface area contributed by atoms with Crippen LogP contribution in [-0.4, -0.2) is 62.2 Å². The number of carbonyl (C=O) groups excluding carboxylic acids is 1. The molecule has 0 spiro atoms. The monoisotopic (exact) mass is 915 g/mol. The van der Waals surface area contributed by atoms with Crippen molar-refractivity contribution in [2.45, 2.75) is 80.5 Å². The molecule has 0 radical (unpaired) electrons. The molecule has 5 aromatic rings. The van der Waals surface area contributed by atoms with Crippen molar-refractivity contribution in [1.82, 2.24) is 0 Å². The maximum atomic E-state index is 15.1. The molecule has 5 rings (SSSR count). The molecule has 0 aliphatic heterocycles. The van der Waals surface area contributed by atoms with Crippen LogP contribution in [-0.2, 0) is 6.04 Å². The van der Waals surface area contributed by atoms with E-state index in [2.05, 4.69) is 0 Å². The fourth-order valence-corrected chi connectivity index (χ4v) is 14.5. The highest BCUT2D eigenvalue weighted by molar-refractivity contribution is 7.95. The van der Waals surface area contributed by atoms with E-state index in [-0.39, 0.29) is 18.4 Å². The topological polar surface area (TPSA) is 26.3 Å². The standard InChI is InChI=1S/C46H44F12O2PSi/c1-41(47,48)43(51,52)45(55,56)46(57,58)44(53,54)42(49,50)28-31-62(2,3)32-35-18-13-14-23-39(35)61(37-19-9-5-10-20-37,38-21-11-6-12-22-38)30-15-29-60-36-26-24-34(25-27-36)40(59)33-16-7-4-8-17-33/h4-14,16-27H,15,28-32H2,1-3H3/q+1. The van der Waals surface area contributed by atoms with Gasteiger partial charge in [-0.3, -0.25) is 4.79 Å². The number of alkyl halides is 12. The lowest BCUT2D eigenvalue weighted by molar-refractivity contribution is -0.423. The van der Waals surface area contributed by atoms with Crippen LogP contribution in [0.1, 0.15) is 41.3 Å². The summed E-state index contributed by atoms with van der Waals surface area (Å²) in [5.74, 6) is -41.0. The third-order valence-electron chi connectivity index (χ3n) is 10.8. The fraction of sp³-hybridized carbons (Fsp3) is 0.326. The van der Waals surface area contributed by atoms with Gasteiger partial charge in [-0.05, 0) is 66.2 Å². The molecule has 0 unspecified atom stereocenters. The first-order valence-electron chi connectivity index (χ1n) is 19.5. The second-order valence-corrected chi connectivity index (χ2v) is 24.7. The summed E-state index contributed by atoms with van der Waals surface area (Å²) >= 11 is 0. The van der Waals surface area contributed by atoms with Gasteiger partial charge in [-0.25, -0.2) is 0 Å². The number of ether oxygens (including phenoxy) is 1. The molecule has 0 heterocycles. The molecule has 332 valence electrons. The number of rotatable bonds is 20. The fourth-order valence-electron chi connectivity index (χ4n) is 7.31. The molecular weight excluding hydrogens is 872 g/mol. The van der Waals surface area contributed by atoms with Gasteiger partial charge in [-0.2, -0.15) is 52.7 Å². The normalized spacial score (nSPS) is 13.5. The van der Waals surface area contributed by atoms with E-state index in [1.807, 2.05) is 72.8 Å². The van der Waals surface area contributed by atoms with Gasteiger partial charge in [0, 0.05) is 30.9 Å². The molecule has 0 amide bonds. The molecule has 16 heteroatoms. The zero-order valence-electron chi connectivity index (χ0n) is 33.8. The van der Waals surface area contributed by atoms with Gasteiger partial charge in [0.05, 0.1) is 20.8 Å². The van der Waals surface area contributed by atoms with Gasteiger partial charge in [-0.1, -0.05) is 104 Å². The lowest BCUT2D eigenvalue weighted by atomic mass is 9.91. The highest BCUT2D eigenvalue weighted by atomic mass is 31.2. The molecule has 62 heavy (non-hydrogen) atoms. The van der Waals surface area contributed by atoms with Crippen LogP contribution in [0.25, 0.3) is 0 Å². The Morgan fingerprint density at radius 1 is 0.565 bits per heavy atom. The minimum Gasteiger partial charge on any atom is -0.493 e. The Morgan fingerprint density at radius 2 is 1.02 bits per heavy atom. The van der Waals surface area contributed by atoms with E-state index in [1.165, 1.54) is 13.1 Å². The van der Waals surface area contributed by atoms with Crippen LogP contribution < -0.4 is 20.7 Å². The van der Waals surface area contributed by atoms with E-state index < -0.39 is 70.3 Å². The van der Waals surface area contributed by atoms with Crippen LogP contribution in [0.15, 0.2) is 140 Å². The van der Waals surface area contributed by atoms with E-state index in [4.69, 9.17) is 4.74 Å². The Kier molecular flexibility index (Phi) is 14.2. The average Bonchev–Trinajstić information content (AvgIpc) is 3.23. The Balaban J connectivity index is 1.42. The molecule has 2 nitrogen and oxygen atoms in total. The summed E-state index contributed by atoms with van der Waals surface area (Å²) < 4.78 is 178. The molecule has 0 saturated heterocycles.